The number of hydrogen-bond acceptors (Lipinski definition) is 5. The van der Waals surface area contributed by atoms with E-state index < -0.39 is 0 Å². The molecule has 29 heavy (non-hydrogen) atoms. The summed E-state index contributed by atoms with van der Waals surface area (Å²) in [6.45, 7) is 5.55. The first-order valence-electron chi connectivity index (χ1n) is 11.3. The predicted molar refractivity (Wildman–Crippen MR) is 110 cm³/mol. The molecular formula is C22H34N4O3. The van der Waals surface area contributed by atoms with Gasteiger partial charge in [0, 0.05) is 49.1 Å². The zero-order valence-corrected chi connectivity index (χ0v) is 17.7. The van der Waals surface area contributed by atoms with Crippen LogP contribution < -0.4 is 10.6 Å². The van der Waals surface area contributed by atoms with Crippen LogP contribution in [-0.2, 0) is 4.79 Å². The van der Waals surface area contributed by atoms with Gasteiger partial charge in [0.05, 0.1) is 0 Å². The highest BCUT2D eigenvalue weighted by Gasteiger charge is 2.41. The van der Waals surface area contributed by atoms with Crippen molar-refractivity contribution in [1.82, 2.24) is 20.7 Å². The maximum Gasteiger partial charge on any atom is 0.273 e. The van der Waals surface area contributed by atoms with Crippen molar-refractivity contribution in [3.63, 3.8) is 0 Å². The van der Waals surface area contributed by atoms with Gasteiger partial charge >= 0.3 is 0 Å². The molecule has 3 fully saturated rings. The summed E-state index contributed by atoms with van der Waals surface area (Å²) in [5.41, 5.74) is 0.348. The highest BCUT2D eigenvalue weighted by atomic mass is 16.5. The van der Waals surface area contributed by atoms with Gasteiger partial charge in [-0.2, -0.15) is 0 Å². The third kappa shape index (κ3) is 5.00. The fraction of sp³-hybridized carbons (Fsp3) is 0.773. The van der Waals surface area contributed by atoms with Crippen molar-refractivity contribution < 1.29 is 14.1 Å². The Kier molecular flexibility index (Phi) is 6.23. The van der Waals surface area contributed by atoms with Crippen LogP contribution in [0.25, 0.3) is 0 Å². The van der Waals surface area contributed by atoms with E-state index in [0.29, 0.717) is 24.3 Å². The second-order valence-electron chi connectivity index (χ2n) is 9.34. The molecular weight excluding hydrogens is 368 g/mol. The van der Waals surface area contributed by atoms with Crippen LogP contribution in [0.15, 0.2) is 10.6 Å². The molecule has 1 aromatic rings. The quantitative estimate of drug-likeness (QED) is 0.732. The first-order valence-corrected chi connectivity index (χ1v) is 11.3. The number of likely N-dealkylation sites (tertiary alicyclic amines) is 1. The molecule has 2 saturated carbocycles. The Morgan fingerprint density at radius 3 is 2.62 bits per heavy atom. The highest BCUT2D eigenvalue weighted by Crippen LogP contribution is 2.33. The van der Waals surface area contributed by atoms with Crippen LogP contribution in [0.1, 0.15) is 87.4 Å². The van der Waals surface area contributed by atoms with E-state index in [2.05, 4.69) is 20.7 Å². The third-order valence-electron chi connectivity index (χ3n) is 6.63. The Balaban J connectivity index is 1.30. The monoisotopic (exact) mass is 402 g/mol. The maximum absolute atomic E-state index is 12.6. The molecule has 1 saturated heterocycles. The largest absolute Gasteiger partial charge is 0.360 e. The molecule has 1 aliphatic heterocycles. The SMILES string of the molecule is CC(C)c1cc(C(=O)N[C@H]2C[C@@H](CNC(=O)C3CCCCC3)N(C3CC3)C2)no1. The summed E-state index contributed by atoms with van der Waals surface area (Å²) < 4.78 is 5.26. The predicted octanol–water partition coefficient (Wildman–Crippen LogP) is 2.83. The van der Waals surface area contributed by atoms with Gasteiger partial charge in [-0.15, -0.1) is 0 Å². The lowest BCUT2D eigenvalue weighted by molar-refractivity contribution is -0.126. The van der Waals surface area contributed by atoms with Crippen LogP contribution in [0.3, 0.4) is 0 Å². The van der Waals surface area contributed by atoms with Gasteiger partial charge in [0.15, 0.2) is 5.69 Å². The molecule has 0 bridgehead atoms. The number of aromatic nitrogens is 1. The fourth-order valence-corrected chi connectivity index (χ4v) is 4.76. The summed E-state index contributed by atoms with van der Waals surface area (Å²) in [6.07, 6.45) is 8.95. The number of amides is 2. The molecule has 0 unspecified atom stereocenters. The summed E-state index contributed by atoms with van der Waals surface area (Å²) in [7, 11) is 0. The van der Waals surface area contributed by atoms with E-state index in [0.717, 1.165) is 31.6 Å². The summed E-state index contributed by atoms with van der Waals surface area (Å²) in [6, 6.07) is 2.71. The van der Waals surface area contributed by atoms with E-state index in [1.54, 1.807) is 6.07 Å². The molecule has 0 radical (unpaired) electrons. The van der Waals surface area contributed by atoms with Gasteiger partial charge in [0.25, 0.3) is 5.91 Å². The molecule has 7 nitrogen and oxygen atoms in total. The normalized spacial score (nSPS) is 26.0. The second kappa shape index (κ2) is 8.86. The number of carbonyl (C=O) groups is 2. The molecule has 2 heterocycles. The first kappa shape index (κ1) is 20.4. The lowest BCUT2D eigenvalue weighted by Crippen LogP contribution is -2.43. The summed E-state index contributed by atoms with van der Waals surface area (Å²) >= 11 is 0. The number of nitrogens with one attached hydrogen (secondary N) is 2. The standard InChI is InChI=1S/C22H34N4O3/c1-14(2)20-11-19(25-29-20)22(28)24-16-10-18(26(13-16)17-8-9-17)12-23-21(27)15-6-4-3-5-7-15/h11,14-18H,3-10,12-13H2,1-2H3,(H,23,27)(H,24,28)/t16-,18-/m0/s1. The average molecular weight is 403 g/mol. The minimum Gasteiger partial charge on any atom is -0.360 e. The van der Waals surface area contributed by atoms with Gasteiger partial charge in [-0.1, -0.05) is 38.3 Å². The van der Waals surface area contributed by atoms with Crippen molar-refractivity contribution in [3.05, 3.63) is 17.5 Å². The lowest BCUT2D eigenvalue weighted by Gasteiger charge is -2.26. The lowest BCUT2D eigenvalue weighted by atomic mass is 9.88. The van der Waals surface area contributed by atoms with E-state index >= 15 is 0 Å². The van der Waals surface area contributed by atoms with E-state index in [9.17, 15) is 9.59 Å². The minimum atomic E-state index is -0.173. The summed E-state index contributed by atoms with van der Waals surface area (Å²) in [4.78, 5) is 27.6. The van der Waals surface area contributed by atoms with Crippen molar-refractivity contribution >= 4 is 11.8 Å². The minimum absolute atomic E-state index is 0.0823. The fourth-order valence-electron chi connectivity index (χ4n) is 4.76. The maximum atomic E-state index is 12.6. The number of nitrogens with zero attached hydrogens (tertiary/aromatic N) is 2. The van der Waals surface area contributed by atoms with Gasteiger partial charge in [0.1, 0.15) is 5.76 Å². The Labute approximate surface area is 172 Å². The Morgan fingerprint density at radius 1 is 1.21 bits per heavy atom. The number of carbonyl (C=O) groups excluding carboxylic acids is 2. The van der Waals surface area contributed by atoms with Crippen molar-refractivity contribution in [2.45, 2.75) is 89.3 Å². The summed E-state index contributed by atoms with van der Waals surface area (Å²) in [5, 5.41) is 10.3. The third-order valence-corrected chi connectivity index (χ3v) is 6.63. The van der Waals surface area contributed by atoms with Crippen LogP contribution in [0.4, 0.5) is 0 Å². The number of rotatable bonds is 7. The Morgan fingerprint density at radius 2 is 1.97 bits per heavy atom. The molecule has 7 heteroatoms. The van der Waals surface area contributed by atoms with Crippen molar-refractivity contribution in [1.29, 1.82) is 0 Å². The van der Waals surface area contributed by atoms with Crippen LogP contribution in [0.2, 0.25) is 0 Å². The zero-order valence-electron chi connectivity index (χ0n) is 17.7. The van der Waals surface area contributed by atoms with Gasteiger partial charge in [-0.25, -0.2) is 0 Å². The van der Waals surface area contributed by atoms with Crippen molar-refractivity contribution in [2.24, 2.45) is 5.92 Å². The zero-order chi connectivity index (χ0) is 20.4. The van der Waals surface area contributed by atoms with E-state index in [-0.39, 0.29) is 29.7 Å². The van der Waals surface area contributed by atoms with Crippen LogP contribution in [0, 0.1) is 5.92 Å². The van der Waals surface area contributed by atoms with Gasteiger partial charge in [-0.05, 0) is 32.1 Å². The smallest absolute Gasteiger partial charge is 0.273 e. The molecule has 2 amide bonds. The van der Waals surface area contributed by atoms with Crippen LogP contribution in [-0.4, -0.2) is 53.1 Å². The molecule has 1 aromatic heterocycles. The van der Waals surface area contributed by atoms with Crippen molar-refractivity contribution in [2.75, 3.05) is 13.1 Å². The second-order valence-corrected chi connectivity index (χ2v) is 9.34. The van der Waals surface area contributed by atoms with E-state index in [4.69, 9.17) is 4.52 Å². The van der Waals surface area contributed by atoms with E-state index in [1.165, 1.54) is 32.1 Å². The molecule has 2 atom stereocenters. The summed E-state index contributed by atoms with van der Waals surface area (Å²) in [5.74, 6) is 1.17. The Hall–Kier alpha value is -1.89. The number of hydrogen-bond donors (Lipinski definition) is 2. The topological polar surface area (TPSA) is 87.5 Å². The molecule has 4 rings (SSSR count). The molecule has 3 aliphatic rings. The highest BCUT2D eigenvalue weighted by molar-refractivity contribution is 5.92. The first-order chi connectivity index (χ1) is 14.0. The molecule has 160 valence electrons. The van der Waals surface area contributed by atoms with Gasteiger partial charge < -0.3 is 15.2 Å². The van der Waals surface area contributed by atoms with Crippen LogP contribution in [0.5, 0.6) is 0 Å². The van der Waals surface area contributed by atoms with Gasteiger partial charge in [0.2, 0.25) is 5.91 Å². The van der Waals surface area contributed by atoms with Gasteiger partial charge in [-0.3, -0.25) is 14.5 Å². The average Bonchev–Trinajstić information content (AvgIpc) is 3.29. The molecule has 2 aliphatic carbocycles. The molecule has 0 spiro atoms. The Bertz CT molecular complexity index is 721. The molecule has 0 aromatic carbocycles. The van der Waals surface area contributed by atoms with Crippen LogP contribution >= 0.6 is 0 Å². The van der Waals surface area contributed by atoms with Crippen molar-refractivity contribution in [3.8, 4) is 0 Å². The van der Waals surface area contributed by atoms with E-state index in [1.807, 2.05) is 13.8 Å². The molecule has 2 N–H and O–H groups in total.